The van der Waals surface area contributed by atoms with Crippen LogP contribution in [0.4, 0.5) is 5.69 Å². The number of quaternary nitrogens is 1. The van der Waals surface area contributed by atoms with Crippen LogP contribution in [-0.2, 0) is 132 Å². The predicted molar refractivity (Wildman–Crippen MR) is 495 cm³/mol. The molecule has 0 radical (unpaired) electrons. The number of thiazole rings is 1. The number of anilines is 1. The standard InChI is InChI=1S/C93H145N11O32S/c1-10-62(4)80(90(117)102(7)71(61(2)3)57-75(134-64(6)105)89-100-70(60-137-89)86(114)97-67(54-63(5)91(118)119)55-65-18-12-11-13-19-65)101-88(116)73-21-15-17-30-104(73,8)59-66-22-23-74(135-93-83(112)81(110)82(111)84(136-93)92(120)121)69(56-66)98-77(107)26-29-96-85(113)68(99-87(115)72(58-94)103-78(108)24-25-79(103)109)20-14-16-28-95-76(106)27-31-123-34-35-125-38-39-127-42-43-129-46-47-131-50-51-133-53-52-132-49-48-130-45-44-128-41-40-126-37-36-124-33-32-122-9/h11-13,18-19,22-25,56,60-63,67-68,71-73,75,80-84,93,110-112H,10,14-17,20-21,26-55,57-59,94H2,1-9H3,(H7-,95,96,97,98,99,101,106,107,113,114,115,116,118,119,120,121)/p+1/t62-,63-,67+,68-,71+,72-,73+,75+,80-,81-,82-,83+,84-,93+,104?/m0/s1. The number of nitrogens with one attached hydrogen (secondary N) is 6. The first-order chi connectivity index (χ1) is 65.8. The second kappa shape index (κ2) is 64.9. The van der Waals surface area contributed by atoms with Gasteiger partial charge in [0.25, 0.3) is 23.6 Å². The maximum atomic E-state index is 15.2. The van der Waals surface area contributed by atoms with Crippen molar-refractivity contribution in [1.82, 2.24) is 41.4 Å². The van der Waals surface area contributed by atoms with E-state index in [9.17, 15) is 73.5 Å². The highest BCUT2D eigenvalue weighted by molar-refractivity contribution is 7.09. The fourth-order valence-electron chi connectivity index (χ4n) is 15.3. The number of unbranched alkanes of at least 4 members (excludes halogenated alkanes) is 1. The summed E-state index contributed by atoms with van der Waals surface area (Å²) < 4.78 is 82.9. The molecule has 44 heteroatoms. The molecule has 3 aromatic rings. The van der Waals surface area contributed by atoms with Crippen LogP contribution in [0.3, 0.4) is 0 Å². The third-order valence-electron chi connectivity index (χ3n) is 23.1. The molecule has 2 aromatic carbocycles. The summed E-state index contributed by atoms with van der Waals surface area (Å²) in [5.74, 6) is -10.8. The SMILES string of the molecule is CC[C@H](C)[C@H](NC(=O)[C@H]1CCCC[N+]1(C)Cc1ccc(O[C@@H]2O[C@H](C(=O)O)[C@@H](O)[C@H](O)[C@H]2O)c(NC(=O)CCNC(=O)[C@H](CCCCNC(=O)CCOCCOCCOCCOCCOCCOCCOCCOCCOCCOCCOCCOC)NC(=O)[C@H](CN)N2C(=O)C=CC2=O)c1)C(=O)N(C)[C@H](C[C@@H](OC(C)=O)c1nc(C(=O)N[C@@H](Cc2ccccc2)C[C@H](C)C(=O)O)cs1)C(C)C. The largest absolute Gasteiger partial charge is 0.481 e. The minimum Gasteiger partial charge on any atom is -0.481 e. The Morgan fingerprint density at radius 1 is 0.642 bits per heavy atom. The van der Waals surface area contributed by atoms with E-state index in [0.717, 1.165) is 29.1 Å². The number of aliphatic hydroxyl groups is 3. The van der Waals surface area contributed by atoms with Crippen LogP contribution in [0.25, 0.3) is 0 Å². The zero-order valence-corrected chi connectivity index (χ0v) is 81.1. The van der Waals surface area contributed by atoms with E-state index in [0.29, 0.717) is 188 Å². The van der Waals surface area contributed by atoms with E-state index in [2.05, 4.69) is 36.9 Å². The molecule has 13 N–H and O–H groups in total. The molecule has 15 atom stereocenters. The van der Waals surface area contributed by atoms with Gasteiger partial charge < -0.3 is 144 Å². The number of carbonyl (C=O) groups excluding carboxylic acids is 10. The monoisotopic (exact) mass is 1960 g/mol. The van der Waals surface area contributed by atoms with Crippen molar-refractivity contribution < 1.29 is 159 Å². The maximum absolute atomic E-state index is 15.2. The number of aliphatic carboxylic acids is 2. The number of esters is 1. The van der Waals surface area contributed by atoms with E-state index in [-0.39, 0.29) is 110 Å². The Morgan fingerprint density at radius 2 is 1.20 bits per heavy atom. The molecular weight excluding hydrogens is 1820 g/mol. The Kier molecular flexibility index (Phi) is 55.1. The number of benzene rings is 2. The summed E-state index contributed by atoms with van der Waals surface area (Å²) in [4.78, 5) is 169. The number of likely N-dealkylation sites (tertiary alicyclic amines) is 1. The normalized spacial score (nSPS) is 19.4. The fraction of sp³-hybridized carbons (Fsp3) is 0.688. The molecule has 9 amide bonds. The lowest BCUT2D eigenvalue weighted by molar-refractivity contribution is -0.942. The number of hydrogen-bond acceptors (Lipinski definition) is 33. The molecule has 43 nitrogen and oxygen atoms in total. The Morgan fingerprint density at radius 3 is 1.72 bits per heavy atom. The highest BCUT2D eigenvalue weighted by atomic mass is 32.1. The molecule has 6 rings (SSSR count). The van der Waals surface area contributed by atoms with Crippen LogP contribution in [0, 0.1) is 17.8 Å². The molecule has 4 heterocycles. The number of hydrogen-bond donors (Lipinski definition) is 12. The van der Waals surface area contributed by atoms with Gasteiger partial charge in [-0.3, -0.25) is 57.6 Å². The topological polar surface area (TPSA) is 562 Å². The van der Waals surface area contributed by atoms with Gasteiger partial charge in [0.05, 0.1) is 177 Å². The van der Waals surface area contributed by atoms with Crippen molar-refractivity contribution in [3.8, 4) is 5.75 Å². The van der Waals surface area contributed by atoms with E-state index in [1.165, 1.54) is 29.3 Å². The third kappa shape index (κ3) is 42.4. The summed E-state index contributed by atoms with van der Waals surface area (Å²) in [7, 11) is 5.11. The minimum atomic E-state index is -2.08. The van der Waals surface area contributed by atoms with E-state index in [4.69, 9.17) is 76.8 Å². The summed E-state index contributed by atoms with van der Waals surface area (Å²) >= 11 is 1.08. The van der Waals surface area contributed by atoms with Crippen molar-refractivity contribution in [1.29, 1.82) is 0 Å². The highest BCUT2D eigenvalue weighted by Gasteiger charge is 2.49. The molecule has 3 aliphatic heterocycles. The van der Waals surface area contributed by atoms with Crippen molar-refractivity contribution in [2.24, 2.45) is 23.5 Å². The van der Waals surface area contributed by atoms with E-state index >= 15 is 9.59 Å². The molecule has 1 aromatic heterocycles. The van der Waals surface area contributed by atoms with Crippen LogP contribution in [0.15, 0.2) is 66.1 Å². The number of rotatable bonds is 73. The van der Waals surface area contributed by atoms with Crippen LogP contribution in [-0.4, -0.2) is 382 Å². The van der Waals surface area contributed by atoms with Gasteiger partial charge in [-0.05, 0) is 80.5 Å². The quantitative estimate of drug-likeness (QED) is 0.0166. The number of ether oxygens (including phenoxy) is 15. The van der Waals surface area contributed by atoms with Crippen molar-refractivity contribution in [2.45, 2.75) is 198 Å². The number of nitrogens with zero attached hydrogens (tertiary/aromatic N) is 4. The summed E-state index contributed by atoms with van der Waals surface area (Å²) in [5.41, 5.74) is 7.26. The van der Waals surface area contributed by atoms with Crippen LogP contribution in [0.1, 0.15) is 145 Å². The van der Waals surface area contributed by atoms with Crippen molar-refractivity contribution >= 4 is 88.1 Å². The van der Waals surface area contributed by atoms with Gasteiger partial charge in [-0.25, -0.2) is 9.78 Å². The first kappa shape index (κ1) is 116. The molecule has 3 aliphatic rings. The van der Waals surface area contributed by atoms with Gasteiger partial charge in [0.1, 0.15) is 59.4 Å². The molecular formula is C93H146N11O32S+. The van der Waals surface area contributed by atoms with Crippen LogP contribution in [0.5, 0.6) is 5.75 Å². The van der Waals surface area contributed by atoms with E-state index < -0.39 is 163 Å². The summed E-state index contributed by atoms with van der Waals surface area (Å²) in [5, 5.41) is 70.8. The Hall–Kier alpha value is -9.27. The van der Waals surface area contributed by atoms with Crippen molar-refractivity contribution in [2.75, 3.05) is 205 Å². The number of nitrogens with two attached hydrogens (primary N) is 1. The zero-order chi connectivity index (χ0) is 100. The predicted octanol–water partition coefficient (Wildman–Crippen LogP) is 1.76. The van der Waals surface area contributed by atoms with Crippen LogP contribution >= 0.6 is 11.3 Å². The van der Waals surface area contributed by atoms with Gasteiger partial charge in [-0.2, -0.15) is 0 Å². The number of imide groups is 1. The van der Waals surface area contributed by atoms with Gasteiger partial charge in [-0.1, -0.05) is 71.4 Å². The molecule has 1 unspecified atom stereocenters. The van der Waals surface area contributed by atoms with Gasteiger partial charge >= 0.3 is 17.9 Å². The summed E-state index contributed by atoms with van der Waals surface area (Å²) in [6, 6.07) is 7.90. The lowest BCUT2D eigenvalue weighted by Gasteiger charge is -2.44. The first-order valence-electron chi connectivity index (χ1n) is 46.9. The molecule has 137 heavy (non-hydrogen) atoms. The highest BCUT2D eigenvalue weighted by Crippen LogP contribution is 2.36. The van der Waals surface area contributed by atoms with Gasteiger partial charge in [0.15, 0.2) is 18.2 Å². The molecule has 2 saturated heterocycles. The van der Waals surface area contributed by atoms with Crippen LogP contribution < -0.4 is 42.4 Å². The number of likely N-dealkylation sites (N-methyl/N-ethyl adjacent to an activating group) is 2. The number of carboxylic acids is 2. The van der Waals surface area contributed by atoms with E-state index in [1.54, 1.807) is 27.1 Å². The molecule has 0 spiro atoms. The fourth-order valence-corrected chi connectivity index (χ4v) is 16.1. The first-order valence-corrected chi connectivity index (χ1v) is 47.8. The van der Waals surface area contributed by atoms with Gasteiger partial charge in [0.2, 0.25) is 35.8 Å². The molecule has 770 valence electrons. The second-order valence-corrected chi connectivity index (χ2v) is 34.9. The number of carboxylic acid groups (broad SMARTS) is 2. The Labute approximate surface area is 804 Å². The molecule has 0 saturated carbocycles. The molecule has 2 fully saturated rings. The summed E-state index contributed by atoms with van der Waals surface area (Å²) in [6.45, 7) is 19.5. The lowest BCUT2D eigenvalue weighted by Crippen LogP contribution is -2.63. The van der Waals surface area contributed by atoms with Crippen molar-refractivity contribution in [3.05, 3.63) is 87.9 Å². The third-order valence-corrected chi connectivity index (χ3v) is 24.0. The van der Waals surface area contributed by atoms with Gasteiger partial charge in [0, 0.05) is 102 Å². The van der Waals surface area contributed by atoms with E-state index in [1.807, 2.05) is 65.1 Å². The zero-order valence-electron chi connectivity index (χ0n) is 80.3. The average Bonchev–Trinajstić information content (AvgIpc) is 1.41. The number of amides is 9. The molecule has 0 aliphatic carbocycles. The number of aliphatic hydroxyl groups excluding tert-OH is 3. The maximum Gasteiger partial charge on any atom is 0.335 e. The smallest absolute Gasteiger partial charge is 0.335 e. The number of methoxy groups -OCH3 is 1. The average molecular weight is 1960 g/mol. The lowest BCUT2D eigenvalue weighted by atomic mass is 9.92. The minimum absolute atomic E-state index is 0.0202. The Bertz CT molecular complexity index is 4160. The van der Waals surface area contributed by atoms with Crippen molar-refractivity contribution in [3.63, 3.8) is 0 Å². The summed E-state index contributed by atoms with van der Waals surface area (Å²) in [6.07, 6.45) is -6.52. The number of piperidine rings is 1. The second-order valence-electron chi connectivity index (χ2n) is 34.0. The molecule has 0 bridgehead atoms. The van der Waals surface area contributed by atoms with Crippen LogP contribution in [0.2, 0.25) is 0 Å². The van der Waals surface area contributed by atoms with Gasteiger partial charge in [-0.15, -0.1) is 11.3 Å². The Balaban J connectivity index is 0.982. The number of aromatic nitrogens is 1. The number of carbonyl (C=O) groups is 12.